The van der Waals surface area contributed by atoms with Crippen LogP contribution in [0.5, 0.6) is 0 Å². The van der Waals surface area contributed by atoms with Gasteiger partial charge in [0, 0.05) is 0 Å². The van der Waals surface area contributed by atoms with Gasteiger partial charge in [0.05, 0.1) is 42.3 Å². The first-order chi connectivity index (χ1) is 6.10. The van der Waals surface area contributed by atoms with Crippen LogP contribution in [0, 0.1) is 0 Å². The number of hydrogen-bond acceptors (Lipinski definition) is 1. The van der Waals surface area contributed by atoms with Crippen molar-refractivity contribution in [1.29, 1.82) is 0 Å². The fourth-order valence-corrected chi connectivity index (χ4v) is 2.80. The van der Waals surface area contributed by atoms with E-state index in [9.17, 15) is 4.57 Å². The summed E-state index contributed by atoms with van der Waals surface area (Å²) in [6.07, 6.45) is 1.72. The molecule has 0 atom stereocenters. The van der Waals surface area contributed by atoms with E-state index in [1.165, 1.54) is 0 Å². The minimum absolute atomic E-state index is 0.860. The van der Waals surface area contributed by atoms with Crippen molar-refractivity contribution in [3.8, 4) is 0 Å². The van der Waals surface area contributed by atoms with Gasteiger partial charge >= 0.3 is 7.80 Å². The lowest BCUT2D eigenvalue weighted by molar-refractivity contribution is -0.868. The standard InChI is InChI=1S/C10H26N2OP/c1-11(2,3)7-9-14(13)10-8-12(4,5)6/h7-10H2,1-6H3/q+3. The zero-order valence-corrected chi connectivity index (χ0v) is 11.5. The first-order valence-corrected chi connectivity index (χ1v) is 6.76. The first-order valence-electron chi connectivity index (χ1n) is 5.13. The molecule has 0 rings (SSSR count). The molecule has 0 saturated heterocycles. The normalized spacial score (nSPS) is 13.0. The topological polar surface area (TPSA) is 17.1 Å². The van der Waals surface area contributed by atoms with Gasteiger partial charge in [-0.05, 0) is 0 Å². The van der Waals surface area contributed by atoms with Gasteiger partial charge in [0.1, 0.15) is 13.1 Å². The zero-order chi connectivity index (χ0) is 11.4. The van der Waals surface area contributed by atoms with Gasteiger partial charge in [0.15, 0.2) is 12.3 Å². The summed E-state index contributed by atoms with van der Waals surface area (Å²) in [5, 5.41) is 0. The van der Waals surface area contributed by atoms with Crippen LogP contribution in [-0.4, -0.2) is 76.7 Å². The highest BCUT2D eigenvalue weighted by Crippen LogP contribution is 2.20. The van der Waals surface area contributed by atoms with Crippen LogP contribution in [0.1, 0.15) is 0 Å². The third-order valence-corrected chi connectivity index (χ3v) is 3.44. The lowest BCUT2D eigenvalue weighted by Gasteiger charge is -2.22. The fourth-order valence-electron chi connectivity index (χ4n) is 0.935. The molecule has 0 bridgehead atoms. The number of nitrogens with zero attached hydrogens (tertiary/aromatic N) is 2. The molecule has 4 heteroatoms. The van der Waals surface area contributed by atoms with Crippen molar-refractivity contribution in [2.75, 3.05) is 67.7 Å². The van der Waals surface area contributed by atoms with Crippen LogP contribution < -0.4 is 0 Å². The van der Waals surface area contributed by atoms with Crippen molar-refractivity contribution in [3.63, 3.8) is 0 Å². The molecule has 0 heterocycles. The molecule has 0 saturated carbocycles. The van der Waals surface area contributed by atoms with E-state index < -0.39 is 7.80 Å². The molecule has 0 aliphatic carbocycles. The van der Waals surface area contributed by atoms with Crippen molar-refractivity contribution >= 4 is 7.80 Å². The Kier molecular flexibility index (Phi) is 5.21. The Balaban J connectivity index is 3.68. The maximum absolute atomic E-state index is 11.7. The van der Waals surface area contributed by atoms with Gasteiger partial charge in [-0.2, -0.15) is 0 Å². The van der Waals surface area contributed by atoms with E-state index in [0.29, 0.717) is 0 Å². The predicted molar refractivity (Wildman–Crippen MR) is 63.1 cm³/mol. The molecular formula is C10H26N2OP+3. The number of quaternary nitrogens is 2. The summed E-state index contributed by atoms with van der Waals surface area (Å²) >= 11 is 0. The minimum atomic E-state index is -0.990. The summed E-state index contributed by atoms with van der Waals surface area (Å²) < 4.78 is 13.5. The van der Waals surface area contributed by atoms with Gasteiger partial charge in [-0.25, -0.2) is 0 Å². The molecule has 0 N–H and O–H groups in total. The Labute approximate surface area is 89.7 Å². The van der Waals surface area contributed by atoms with E-state index in [4.69, 9.17) is 0 Å². The second kappa shape index (κ2) is 5.20. The molecule has 3 nitrogen and oxygen atoms in total. The maximum Gasteiger partial charge on any atom is 0.350 e. The zero-order valence-electron chi connectivity index (χ0n) is 10.6. The summed E-state index contributed by atoms with van der Waals surface area (Å²) in [6.45, 7) is 2.01. The van der Waals surface area contributed by atoms with Gasteiger partial charge in [0.25, 0.3) is 0 Å². The fraction of sp³-hybridized carbons (Fsp3) is 1.00. The average molecular weight is 221 g/mol. The van der Waals surface area contributed by atoms with Crippen LogP contribution in [0.4, 0.5) is 0 Å². The molecule has 84 valence electrons. The third-order valence-electron chi connectivity index (χ3n) is 2.04. The first kappa shape index (κ1) is 14.0. The maximum atomic E-state index is 11.7. The van der Waals surface area contributed by atoms with Crippen LogP contribution in [0.15, 0.2) is 0 Å². The number of hydrogen-bond donors (Lipinski definition) is 0. The Bertz CT molecular complexity index is 171. The van der Waals surface area contributed by atoms with Crippen molar-refractivity contribution in [2.45, 2.75) is 0 Å². The van der Waals surface area contributed by atoms with Crippen molar-refractivity contribution < 1.29 is 13.5 Å². The second-order valence-corrected chi connectivity index (χ2v) is 7.81. The minimum Gasteiger partial charge on any atom is -0.327 e. The summed E-state index contributed by atoms with van der Waals surface area (Å²) in [7, 11) is 11.9. The summed E-state index contributed by atoms with van der Waals surface area (Å²) in [4.78, 5) is 0. The lowest BCUT2D eigenvalue weighted by atomic mass is 10.6. The van der Waals surface area contributed by atoms with Crippen LogP contribution in [0.25, 0.3) is 0 Å². The summed E-state index contributed by atoms with van der Waals surface area (Å²) in [5.41, 5.74) is 0. The Morgan fingerprint density at radius 3 is 1.29 bits per heavy atom. The average Bonchev–Trinajstić information content (AvgIpc) is 1.94. The molecule has 0 aliphatic rings. The van der Waals surface area contributed by atoms with Crippen LogP contribution in [-0.2, 0) is 4.57 Å². The highest BCUT2D eigenvalue weighted by molar-refractivity contribution is 7.44. The molecule has 0 amide bonds. The number of rotatable bonds is 6. The molecule has 0 unspecified atom stereocenters. The van der Waals surface area contributed by atoms with Crippen LogP contribution in [0.2, 0.25) is 0 Å². The SMILES string of the molecule is C[N+](C)(C)CC[P+](=O)CC[N+](C)(C)C. The van der Waals surface area contributed by atoms with Gasteiger partial charge in [0.2, 0.25) is 0 Å². The van der Waals surface area contributed by atoms with Gasteiger partial charge in [-0.3, -0.25) is 0 Å². The van der Waals surface area contributed by atoms with Gasteiger partial charge in [-0.15, -0.1) is 0 Å². The second-order valence-electron chi connectivity index (χ2n) is 5.96. The summed E-state index contributed by atoms with van der Waals surface area (Å²) in [6, 6.07) is 0. The van der Waals surface area contributed by atoms with E-state index in [1.807, 2.05) is 0 Å². The Hall–Kier alpha value is 0.0200. The van der Waals surface area contributed by atoms with E-state index in [0.717, 1.165) is 34.4 Å². The Morgan fingerprint density at radius 2 is 1.07 bits per heavy atom. The summed E-state index contributed by atoms with van der Waals surface area (Å²) in [5.74, 6) is 0. The van der Waals surface area contributed by atoms with Crippen LogP contribution in [0.3, 0.4) is 0 Å². The molecule has 0 fully saturated rings. The molecule has 0 aromatic carbocycles. The molecule has 0 spiro atoms. The molecule has 0 aromatic rings. The van der Waals surface area contributed by atoms with Crippen molar-refractivity contribution in [1.82, 2.24) is 0 Å². The van der Waals surface area contributed by atoms with Gasteiger partial charge in [-0.1, -0.05) is 4.57 Å². The molecule has 0 radical (unpaired) electrons. The highest BCUT2D eigenvalue weighted by atomic mass is 31.1. The smallest absolute Gasteiger partial charge is 0.327 e. The third kappa shape index (κ3) is 10.1. The largest absolute Gasteiger partial charge is 0.350 e. The van der Waals surface area contributed by atoms with Crippen LogP contribution >= 0.6 is 7.80 Å². The van der Waals surface area contributed by atoms with Gasteiger partial charge < -0.3 is 8.97 Å². The van der Waals surface area contributed by atoms with Crippen molar-refractivity contribution in [2.24, 2.45) is 0 Å². The predicted octanol–water partition coefficient (Wildman–Crippen LogP) is 1.23. The van der Waals surface area contributed by atoms with E-state index in [1.54, 1.807) is 0 Å². The molecule has 14 heavy (non-hydrogen) atoms. The highest BCUT2D eigenvalue weighted by Gasteiger charge is 2.23. The van der Waals surface area contributed by atoms with E-state index in [2.05, 4.69) is 42.3 Å². The Morgan fingerprint density at radius 1 is 0.786 bits per heavy atom. The lowest BCUT2D eigenvalue weighted by Crippen LogP contribution is -2.38. The van der Waals surface area contributed by atoms with E-state index >= 15 is 0 Å². The molecule has 0 aliphatic heterocycles. The monoisotopic (exact) mass is 221 g/mol. The van der Waals surface area contributed by atoms with E-state index in [-0.39, 0.29) is 0 Å². The molecular weight excluding hydrogens is 195 g/mol. The van der Waals surface area contributed by atoms with Crippen molar-refractivity contribution in [3.05, 3.63) is 0 Å². The molecule has 0 aromatic heterocycles. The quantitative estimate of drug-likeness (QED) is 0.487.